The number of ether oxygens (including phenoxy) is 3. The van der Waals surface area contributed by atoms with Crippen LogP contribution in [0.3, 0.4) is 0 Å². The zero-order chi connectivity index (χ0) is 14.2. The maximum atomic E-state index is 12.9. The van der Waals surface area contributed by atoms with E-state index in [9.17, 15) is 9.59 Å². The van der Waals surface area contributed by atoms with E-state index >= 15 is 0 Å². The van der Waals surface area contributed by atoms with Crippen molar-refractivity contribution >= 4 is 11.9 Å². The molecule has 0 aromatic rings. The van der Waals surface area contributed by atoms with E-state index in [2.05, 4.69) is 0 Å². The van der Waals surface area contributed by atoms with Gasteiger partial charge in [-0.3, -0.25) is 9.59 Å². The molecule has 7 saturated carbocycles. The van der Waals surface area contributed by atoms with Gasteiger partial charge in [-0.2, -0.15) is 0 Å². The second kappa shape index (κ2) is 2.25. The molecule has 8 fully saturated rings. The van der Waals surface area contributed by atoms with Gasteiger partial charge in [0.2, 0.25) is 0 Å². The number of rotatable bonds is 2. The van der Waals surface area contributed by atoms with Gasteiger partial charge >= 0.3 is 11.9 Å². The van der Waals surface area contributed by atoms with Gasteiger partial charge < -0.3 is 14.2 Å². The zero-order valence-corrected chi connectivity index (χ0v) is 11.9. The van der Waals surface area contributed by atoms with E-state index in [0.29, 0.717) is 23.7 Å². The lowest BCUT2D eigenvalue weighted by Gasteiger charge is -2.60. The molecule has 2 spiro atoms. The van der Waals surface area contributed by atoms with Crippen LogP contribution in [0.25, 0.3) is 0 Å². The van der Waals surface area contributed by atoms with Gasteiger partial charge in [-0.05, 0) is 36.5 Å². The molecule has 8 rings (SSSR count). The van der Waals surface area contributed by atoms with Gasteiger partial charge in [0.15, 0.2) is 0 Å². The van der Waals surface area contributed by atoms with E-state index in [1.54, 1.807) is 0 Å². The van der Waals surface area contributed by atoms with Crippen molar-refractivity contribution in [3.05, 3.63) is 0 Å². The third-order valence-corrected chi connectivity index (χ3v) is 9.16. The smallest absolute Gasteiger partial charge is 0.313 e. The maximum absolute atomic E-state index is 12.9. The van der Waals surface area contributed by atoms with Crippen LogP contribution >= 0.6 is 0 Å². The van der Waals surface area contributed by atoms with Crippen molar-refractivity contribution in [1.29, 1.82) is 0 Å². The van der Waals surface area contributed by atoms with Gasteiger partial charge in [0.25, 0.3) is 0 Å². The monoisotopic (exact) mass is 288 g/mol. The highest BCUT2D eigenvalue weighted by atomic mass is 16.6. The van der Waals surface area contributed by atoms with Gasteiger partial charge in [-0.1, -0.05) is 0 Å². The molecule has 110 valence electrons. The summed E-state index contributed by atoms with van der Waals surface area (Å²) >= 11 is 0. The number of carbonyl (C=O) groups excluding carboxylic acids is 2. The van der Waals surface area contributed by atoms with Gasteiger partial charge in [0.05, 0.1) is 25.0 Å². The normalized spacial score (nSPS) is 73.8. The predicted octanol–water partition coefficient (Wildman–Crippen LogP) is 0.372. The molecule has 0 radical (unpaired) electrons. The minimum absolute atomic E-state index is 0.0638. The Morgan fingerprint density at radius 3 is 1.81 bits per heavy atom. The molecule has 0 aromatic heterocycles. The summed E-state index contributed by atoms with van der Waals surface area (Å²) in [6.07, 6.45) is 2.12. The lowest BCUT2D eigenvalue weighted by molar-refractivity contribution is -0.226. The van der Waals surface area contributed by atoms with Gasteiger partial charge in [0, 0.05) is 11.8 Å². The molecule has 0 N–H and O–H groups in total. The van der Waals surface area contributed by atoms with Crippen LogP contribution < -0.4 is 0 Å². The number of carbonyl (C=O) groups is 2. The molecule has 8 aliphatic rings. The number of methoxy groups -OCH3 is 2. The van der Waals surface area contributed by atoms with Crippen LogP contribution in [0.2, 0.25) is 0 Å². The van der Waals surface area contributed by atoms with Crippen molar-refractivity contribution in [2.75, 3.05) is 14.2 Å². The largest absolute Gasteiger partial charge is 0.469 e. The number of hydrogen-bond acceptors (Lipinski definition) is 5. The SMILES string of the molecule is COC(=O)[C@@]12[C@H]3[C@@H]4[C@@H]5C[C@H]3[C@@]36O[C@]53[C@H](C[C@@H]61)[C@@]42C(=O)OC. The molecule has 0 amide bonds. The standard InChI is InChI=1S/C16H16O5/c1-19-11(17)13-7-4-8-14(13,12(18)20-2)10-6-3-5(9(10)13)15(7)16(6,8)21-15/h5-10H,3-4H2,1-2H3/t5-,6+,7-,8-,9-,10+,13+,14+,15+,16+/m1/s1. The third-order valence-electron chi connectivity index (χ3n) is 9.16. The molecular formula is C16H16O5. The summed E-state index contributed by atoms with van der Waals surface area (Å²) in [7, 11) is 2.91. The van der Waals surface area contributed by atoms with Crippen LogP contribution in [0.15, 0.2) is 0 Å². The summed E-state index contributed by atoms with van der Waals surface area (Å²) in [6.45, 7) is 0. The number of esters is 2. The molecule has 1 aliphatic heterocycles. The second-order valence-electron chi connectivity index (χ2n) is 8.25. The quantitative estimate of drug-likeness (QED) is 0.542. The lowest BCUT2D eigenvalue weighted by Crippen LogP contribution is -2.70. The van der Waals surface area contributed by atoms with Crippen LogP contribution in [-0.2, 0) is 23.8 Å². The van der Waals surface area contributed by atoms with E-state index in [-0.39, 0.29) is 35.0 Å². The maximum Gasteiger partial charge on any atom is 0.313 e. The Morgan fingerprint density at radius 2 is 1.38 bits per heavy atom. The molecule has 5 heteroatoms. The summed E-state index contributed by atoms with van der Waals surface area (Å²) in [6, 6.07) is 0. The second-order valence-corrected chi connectivity index (χ2v) is 8.25. The average molecular weight is 288 g/mol. The van der Waals surface area contributed by atoms with E-state index in [0.717, 1.165) is 12.8 Å². The molecular weight excluding hydrogens is 272 g/mol. The first kappa shape index (κ1) is 10.6. The third kappa shape index (κ3) is 0.491. The van der Waals surface area contributed by atoms with Crippen molar-refractivity contribution in [2.45, 2.75) is 24.0 Å². The molecule has 1 heterocycles. The Kier molecular flexibility index (Phi) is 1.13. The first-order chi connectivity index (χ1) is 10.1. The Labute approximate surface area is 121 Å². The fourth-order valence-electron chi connectivity index (χ4n) is 9.70. The minimum atomic E-state index is -0.625. The Morgan fingerprint density at radius 1 is 0.905 bits per heavy atom. The van der Waals surface area contributed by atoms with Crippen LogP contribution in [0.5, 0.6) is 0 Å². The van der Waals surface area contributed by atoms with Gasteiger partial charge in [-0.15, -0.1) is 0 Å². The zero-order valence-electron chi connectivity index (χ0n) is 11.9. The lowest BCUT2D eigenvalue weighted by atomic mass is 9.39. The van der Waals surface area contributed by atoms with Crippen LogP contribution in [0.4, 0.5) is 0 Å². The van der Waals surface area contributed by atoms with Crippen molar-refractivity contribution < 1.29 is 23.8 Å². The molecule has 0 unspecified atom stereocenters. The van der Waals surface area contributed by atoms with Crippen LogP contribution in [0.1, 0.15) is 12.8 Å². The molecule has 5 nitrogen and oxygen atoms in total. The molecule has 10 atom stereocenters. The predicted molar refractivity (Wildman–Crippen MR) is 65.6 cm³/mol. The Bertz CT molecular complexity index is 647. The highest BCUT2D eigenvalue weighted by Gasteiger charge is 3.16. The summed E-state index contributed by atoms with van der Waals surface area (Å²) in [4.78, 5) is 25.7. The fraction of sp³-hybridized carbons (Fsp3) is 0.875. The van der Waals surface area contributed by atoms with Crippen LogP contribution in [0, 0.1) is 46.3 Å². The van der Waals surface area contributed by atoms with Gasteiger partial charge in [0.1, 0.15) is 11.2 Å². The summed E-state index contributed by atoms with van der Waals surface area (Å²) in [5.74, 6) is 1.64. The highest BCUT2D eigenvalue weighted by molar-refractivity contribution is 5.98. The number of hydrogen-bond donors (Lipinski definition) is 0. The van der Waals surface area contributed by atoms with E-state index in [1.807, 2.05) is 0 Å². The Hall–Kier alpha value is -1.10. The molecule has 1 saturated heterocycles. The summed E-state index contributed by atoms with van der Waals surface area (Å²) in [5.41, 5.74) is -1.38. The van der Waals surface area contributed by atoms with Crippen molar-refractivity contribution in [3.63, 3.8) is 0 Å². The van der Waals surface area contributed by atoms with Gasteiger partial charge in [-0.25, -0.2) is 0 Å². The molecule has 7 aliphatic carbocycles. The van der Waals surface area contributed by atoms with Crippen molar-refractivity contribution in [2.24, 2.45) is 46.3 Å². The first-order valence-corrected chi connectivity index (χ1v) is 7.98. The van der Waals surface area contributed by atoms with E-state index < -0.39 is 10.8 Å². The van der Waals surface area contributed by atoms with E-state index in [4.69, 9.17) is 14.2 Å². The minimum Gasteiger partial charge on any atom is -0.469 e. The fourth-order valence-corrected chi connectivity index (χ4v) is 9.70. The van der Waals surface area contributed by atoms with Crippen molar-refractivity contribution in [3.8, 4) is 0 Å². The topological polar surface area (TPSA) is 65.1 Å². The Balaban J connectivity index is 1.62. The first-order valence-electron chi connectivity index (χ1n) is 7.98. The summed E-state index contributed by atoms with van der Waals surface area (Å²) < 4.78 is 16.8. The van der Waals surface area contributed by atoms with Crippen molar-refractivity contribution in [1.82, 2.24) is 0 Å². The molecule has 4 bridgehead atoms. The highest BCUT2D eigenvalue weighted by Crippen LogP contribution is 3.07. The van der Waals surface area contributed by atoms with Crippen LogP contribution in [-0.4, -0.2) is 37.4 Å². The average Bonchev–Trinajstić information content (AvgIpc) is 2.69. The van der Waals surface area contributed by atoms with E-state index in [1.165, 1.54) is 14.2 Å². The summed E-state index contributed by atoms with van der Waals surface area (Å²) in [5, 5.41) is 0. The molecule has 21 heavy (non-hydrogen) atoms. The molecule has 0 aromatic carbocycles. The number of epoxide rings is 1.